The maximum atomic E-state index is 12.3. The Labute approximate surface area is 110 Å². The minimum atomic E-state index is 0.291. The zero-order valence-corrected chi connectivity index (χ0v) is 11.8. The summed E-state index contributed by atoms with van der Waals surface area (Å²) < 4.78 is 1.84. The summed E-state index contributed by atoms with van der Waals surface area (Å²) >= 11 is 0. The summed E-state index contributed by atoms with van der Waals surface area (Å²) in [6.07, 6.45) is 6.50. The van der Waals surface area contributed by atoms with Gasteiger partial charge in [-0.15, -0.1) is 0 Å². The third-order valence-electron chi connectivity index (χ3n) is 4.27. The standard InChI is InChI=1S/C15H24N2O/c1-4-12-6-5-7-13(9-12)15(18)10-14-8-11(2)16-17(14)3/h8,12-13H,4-7,9-10H2,1-3H3. The van der Waals surface area contributed by atoms with Crippen LogP contribution in [0.5, 0.6) is 0 Å². The Bertz CT molecular complexity index is 422. The molecule has 0 bridgehead atoms. The van der Waals surface area contributed by atoms with Crippen LogP contribution in [0, 0.1) is 18.8 Å². The number of ketones is 1. The molecule has 0 N–H and O–H groups in total. The summed E-state index contributed by atoms with van der Waals surface area (Å²) in [6.45, 7) is 4.21. The highest BCUT2D eigenvalue weighted by Crippen LogP contribution is 2.32. The lowest BCUT2D eigenvalue weighted by atomic mass is 9.77. The van der Waals surface area contributed by atoms with Crippen LogP contribution >= 0.6 is 0 Å². The highest BCUT2D eigenvalue weighted by molar-refractivity contribution is 5.83. The highest BCUT2D eigenvalue weighted by atomic mass is 16.1. The molecule has 0 spiro atoms. The van der Waals surface area contributed by atoms with Gasteiger partial charge in [-0.25, -0.2) is 0 Å². The van der Waals surface area contributed by atoms with E-state index in [1.165, 1.54) is 19.3 Å². The molecule has 0 amide bonds. The van der Waals surface area contributed by atoms with E-state index in [1.54, 1.807) is 0 Å². The second-order valence-corrected chi connectivity index (χ2v) is 5.68. The number of hydrogen-bond acceptors (Lipinski definition) is 2. The fraction of sp³-hybridized carbons (Fsp3) is 0.733. The smallest absolute Gasteiger partial charge is 0.141 e. The van der Waals surface area contributed by atoms with E-state index >= 15 is 0 Å². The van der Waals surface area contributed by atoms with Crippen molar-refractivity contribution in [1.29, 1.82) is 0 Å². The van der Waals surface area contributed by atoms with E-state index in [1.807, 2.05) is 24.7 Å². The first kappa shape index (κ1) is 13.3. The number of aromatic nitrogens is 2. The molecule has 1 aromatic heterocycles. The molecule has 2 rings (SSSR count). The van der Waals surface area contributed by atoms with Gasteiger partial charge in [-0.3, -0.25) is 9.48 Å². The van der Waals surface area contributed by atoms with Crippen LogP contribution in [0.25, 0.3) is 0 Å². The summed E-state index contributed by atoms with van der Waals surface area (Å²) in [5.41, 5.74) is 2.05. The minimum absolute atomic E-state index is 0.291. The Morgan fingerprint density at radius 1 is 1.50 bits per heavy atom. The summed E-state index contributed by atoms with van der Waals surface area (Å²) in [5, 5.41) is 4.30. The number of aryl methyl sites for hydroxylation is 2. The van der Waals surface area contributed by atoms with Gasteiger partial charge in [0.15, 0.2) is 0 Å². The number of nitrogens with zero attached hydrogens (tertiary/aromatic N) is 2. The second-order valence-electron chi connectivity index (χ2n) is 5.68. The van der Waals surface area contributed by atoms with E-state index in [0.29, 0.717) is 18.1 Å². The molecule has 1 aromatic rings. The molecule has 1 aliphatic carbocycles. The van der Waals surface area contributed by atoms with Gasteiger partial charge in [0, 0.05) is 25.1 Å². The van der Waals surface area contributed by atoms with Crippen molar-refractivity contribution in [2.45, 2.75) is 52.4 Å². The van der Waals surface area contributed by atoms with Crippen molar-refractivity contribution < 1.29 is 4.79 Å². The minimum Gasteiger partial charge on any atom is -0.299 e. The molecule has 18 heavy (non-hydrogen) atoms. The number of Topliss-reactive ketones (excluding diaryl/α,β-unsaturated/α-hetero) is 1. The van der Waals surface area contributed by atoms with Crippen molar-refractivity contribution >= 4 is 5.78 Å². The van der Waals surface area contributed by atoms with Crippen LogP contribution in [0.4, 0.5) is 0 Å². The van der Waals surface area contributed by atoms with Crippen LogP contribution in [0.3, 0.4) is 0 Å². The fourth-order valence-corrected chi connectivity index (χ4v) is 3.11. The van der Waals surface area contributed by atoms with Gasteiger partial charge >= 0.3 is 0 Å². The Morgan fingerprint density at radius 3 is 2.89 bits per heavy atom. The molecule has 1 fully saturated rings. The van der Waals surface area contributed by atoms with Crippen molar-refractivity contribution in [2.24, 2.45) is 18.9 Å². The number of carbonyl (C=O) groups excluding carboxylic acids is 1. The van der Waals surface area contributed by atoms with Gasteiger partial charge in [0.1, 0.15) is 5.78 Å². The van der Waals surface area contributed by atoms with Gasteiger partial charge in [0.2, 0.25) is 0 Å². The molecular formula is C15H24N2O. The van der Waals surface area contributed by atoms with Gasteiger partial charge in [0.05, 0.1) is 5.69 Å². The summed E-state index contributed by atoms with van der Waals surface area (Å²) in [6, 6.07) is 2.03. The molecule has 0 radical (unpaired) electrons. The third-order valence-corrected chi connectivity index (χ3v) is 4.27. The zero-order chi connectivity index (χ0) is 13.1. The van der Waals surface area contributed by atoms with E-state index < -0.39 is 0 Å². The molecule has 0 aliphatic heterocycles. The lowest BCUT2D eigenvalue weighted by Gasteiger charge is -2.27. The summed E-state index contributed by atoms with van der Waals surface area (Å²) in [7, 11) is 1.92. The van der Waals surface area contributed by atoms with Crippen molar-refractivity contribution in [3.63, 3.8) is 0 Å². The SMILES string of the molecule is CCC1CCCC(C(=O)Cc2cc(C)nn2C)C1. The van der Waals surface area contributed by atoms with Crippen molar-refractivity contribution in [3.05, 3.63) is 17.5 Å². The van der Waals surface area contributed by atoms with Gasteiger partial charge in [-0.1, -0.05) is 26.2 Å². The Hall–Kier alpha value is -1.12. The second kappa shape index (κ2) is 5.68. The Balaban J connectivity index is 1.97. The molecular weight excluding hydrogens is 224 g/mol. The van der Waals surface area contributed by atoms with Crippen molar-refractivity contribution in [3.8, 4) is 0 Å². The van der Waals surface area contributed by atoms with E-state index in [9.17, 15) is 4.79 Å². The summed E-state index contributed by atoms with van der Waals surface area (Å²) in [5.74, 6) is 1.47. The van der Waals surface area contributed by atoms with Crippen LogP contribution in [-0.2, 0) is 18.3 Å². The van der Waals surface area contributed by atoms with Crippen LogP contribution in [0.1, 0.15) is 50.4 Å². The molecule has 1 aliphatic rings. The third kappa shape index (κ3) is 3.01. The van der Waals surface area contributed by atoms with E-state index in [4.69, 9.17) is 0 Å². The van der Waals surface area contributed by atoms with Gasteiger partial charge < -0.3 is 0 Å². The van der Waals surface area contributed by atoms with E-state index in [0.717, 1.165) is 30.1 Å². The van der Waals surface area contributed by atoms with Crippen molar-refractivity contribution in [2.75, 3.05) is 0 Å². The maximum Gasteiger partial charge on any atom is 0.141 e. The average Bonchev–Trinajstić information content (AvgIpc) is 2.68. The molecule has 2 atom stereocenters. The summed E-state index contributed by atoms with van der Waals surface area (Å²) in [4.78, 5) is 12.3. The average molecular weight is 248 g/mol. The molecule has 0 aromatic carbocycles. The Kier molecular flexibility index (Phi) is 4.20. The largest absolute Gasteiger partial charge is 0.299 e. The van der Waals surface area contributed by atoms with Gasteiger partial charge in [-0.05, 0) is 31.7 Å². The monoisotopic (exact) mass is 248 g/mol. The first-order valence-electron chi connectivity index (χ1n) is 7.12. The van der Waals surface area contributed by atoms with Crippen LogP contribution in [-0.4, -0.2) is 15.6 Å². The normalized spacial score (nSPS) is 24.2. The maximum absolute atomic E-state index is 12.3. The van der Waals surface area contributed by atoms with Gasteiger partial charge in [-0.2, -0.15) is 5.10 Å². The molecule has 3 heteroatoms. The quantitative estimate of drug-likeness (QED) is 0.821. The number of hydrogen-bond donors (Lipinski definition) is 0. The van der Waals surface area contributed by atoms with Crippen LogP contribution in [0.15, 0.2) is 6.07 Å². The zero-order valence-electron chi connectivity index (χ0n) is 11.8. The predicted octanol–water partition coefficient (Wildman–Crippen LogP) is 3.06. The van der Waals surface area contributed by atoms with Crippen LogP contribution in [0.2, 0.25) is 0 Å². The molecule has 100 valence electrons. The van der Waals surface area contributed by atoms with E-state index in [2.05, 4.69) is 12.0 Å². The van der Waals surface area contributed by atoms with Crippen LogP contribution < -0.4 is 0 Å². The van der Waals surface area contributed by atoms with Gasteiger partial charge in [0.25, 0.3) is 0 Å². The Morgan fingerprint density at radius 2 is 2.28 bits per heavy atom. The molecule has 1 saturated carbocycles. The highest BCUT2D eigenvalue weighted by Gasteiger charge is 2.26. The first-order valence-corrected chi connectivity index (χ1v) is 7.12. The first-order chi connectivity index (χ1) is 8.60. The molecule has 3 nitrogen and oxygen atoms in total. The lowest BCUT2D eigenvalue weighted by molar-refractivity contribution is -0.123. The number of rotatable bonds is 4. The fourth-order valence-electron chi connectivity index (χ4n) is 3.11. The molecule has 1 heterocycles. The van der Waals surface area contributed by atoms with E-state index in [-0.39, 0.29) is 0 Å². The number of carbonyl (C=O) groups is 1. The lowest BCUT2D eigenvalue weighted by Crippen LogP contribution is -2.24. The molecule has 2 unspecified atom stereocenters. The topological polar surface area (TPSA) is 34.9 Å². The molecule has 0 saturated heterocycles. The predicted molar refractivity (Wildman–Crippen MR) is 72.4 cm³/mol. The van der Waals surface area contributed by atoms with Crippen molar-refractivity contribution in [1.82, 2.24) is 9.78 Å².